The minimum Gasteiger partial charge on any atom is -0.379 e. The average molecular weight is 350 g/mol. The number of morpholine rings is 1. The topological polar surface area (TPSA) is 12.5 Å². The third kappa shape index (κ3) is 3.33. The molecular weight excluding hydrogens is 318 g/mol. The van der Waals surface area contributed by atoms with Gasteiger partial charge in [-0.25, -0.2) is 0 Å². The van der Waals surface area contributed by atoms with Gasteiger partial charge in [0.1, 0.15) is 0 Å². The lowest BCUT2D eigenvalue weighted by atomic mass is 9.68. The van der Waals surface area contributed by atoms with Crippen LogP contribution in [0, 0.1) is 13.8 Å². The highest BCUT2D eigenvalue weighted by atomic mass is 16.5. The molecule has 0 N–H and O–H groups in total. The van der Waals surface area contributed by atoms with Crippen LogP contribution in [0.3, 0.4) is 0 Å². The lowest BCUT2D eigenvalue weighted by Gasteiger charge is -2.35. The van der Waals surface area contributed by atoms with Gasteiger partial charge in [0.2, 0.25) is 0 Å². The maximum atomic E-state index is 5.47. The van der Waals surface area contributed by atoms with Crippen LogP contribution in [0.1, 0.15) is 41.7 Å². The molecule has 0 aromatic heterocycles. The van der Waals surface area contributed by atoms with Crippen molar-refractivity contribution in [3.05, 3.63) is 58.1 Å². The Kier molecular flexibility index (Phi) is 4.66. The molecule has 2 aliphatic rings. The number of rotatable bonds is 3. The van der Waals surface area contributed by atoms with Crippen molar-refractivity contribution in [2.45, 2.75) is 46.0 Å². The lowest BCUT2D eigenvalue weighted by Crippen LogP contribution is -2.37. The summed E-state index contributed by atoms with van der Waals surface area (Å²) in [5.74, 6) is 0. The molecule has 2 nitrogen and oxygen atoms in total. The van der Waals surface area contributed by atoms with Crippen LogP contribution < -0.4 is 0 Å². The second-order valence-corrected chi connectivity index (χ2v) is 8.76. The van der Waals surface area contributed by atoms with Gasteiger partial charge in [0.15, 0.2) is 0 Å². The van der Waals surface area contributed by atoms with E-state index in [0.29, 0.717) is 0 Å². The lowest BCUT2D eigenvalue weighted by molar-refractivity contribution is 0.0384. The zero-order valence-electron chi connectivity index (χ0n) is 16.7. The number of nitrogens with zero attached hydrogens (tertiary/aromatic N) is 1. The normalized spacial score (nSPS) is 19.1. The molecule has 1 saturated heterocycles. The van der Waals surface area contributed by atoms with Crippen molar-refractivity contribution in [1.82, 2.24) is 4.90 Å². The van der Waals surface area contributed by atoms with E-state index in [2.05, 4.69) is 62.9 Å². The summed E-state index contributed by atoms with van der Waals surface area (Å²) in [5, 5.41) is 0. The average Bonchev–Trinajstić information content (AvgIpc) is 2.59. The second-order valence-electron chi connectivity index (χ2n) is 8.76. The van der Waals surface area contributed by atoms with Crippen LogP contribution in [0.25, 0.3) is 11.1 Å². The number of ether oxygens (including phenoxy) is 1. The third-order valence-electron chi connectivity index (χ3n) is 6.10. The molecule has 0 unspecified atom stereocenters. The number of hydrogen-bond donors (Lipinski definition) is 0. The van der Waals surface area contributed by atoms with Gasteiger partial charge in [-0.2, -0.15) is 0 Å². The fraction of sp³-hybridized carbons (Fsp3) is 0.500. The number of benzene rings is 2. The van der Waals surface area contributed by atoms with Gasteiger partial charge in [0, 0.05) is 19.6 Å². The molecule has 2 heteroatoms. The van der Waals surface area contributed by atoms with E-state index in [1.54, 1.807) is 0 Å². The summed E-state index contributed by atoms with van der Waals surface area (Å²) in [4.78, 5) is 2.53. The molecular formula is C24H31NO. The minimum atomic E-state index is 0.200. The zero-order valence-corrected chi connectivity index (χ0v) is 16.7. The highest BCUT2D eigenvalue weighted by Gasteiger charge is 2.31. The molecule has 2 aromatic carbocycles. The number of aryl methyl sites for hydroxylation is 2. The molecule has 0 saturated carbocycles. The molecule has 1 aliphatic heterocycles. The quantitative estimate of drug-likeness (QED) is 0.798. The summed E-state index contributed by atoms with van der Waals surface area (Å²) in [5.41, 5.74) is 10.4. The molecule has 1 heterocycles. The second kappa shape index (κ2) is 6.83. The van der Waals surface area contributed by atoms with Gasteiger partial charge < -0.3 is 4.74 Å². The predicted molar refractivity (Wildman–Crippen MR) is 109 cm³/mol. The van der Waals surface area contributed by atoms with E-state index in [1.807, 2.05) is 0 Å². The highest BCUT2D eigenvalue weighted by Crippen LogP contribution is 2.45. The number of hydrogen-bond acceptors (Lipinski definition) is 2. The fourth-order valence-corrected chi connectivity index (χ4v) is 4.75. The molecule has 0 amide bonds. The van der Waals surface area contributed by atoms with Gasteiger partial charge in [-0.1, -0.05) is 49.7 Å². The van der Waals surface area contributed by atoms with E-state index in [1.165, 1.54) is 38.9 Å². The Morgan fingerprint density at radius 3 is 2.58 bits per heavy atom. The predicted octanol–water partition coefficient (Wildman–Crippen LogP) is 4.68. The van der Waals surface area contributed by atoms with Crippen LogP contribution in [0.15, 0.2) is 30.3 Å². The summed E-state index contributed by atoms with van der Waals surface area (Å²) in [7, 11) is 0. The van der Waals surface area contributed by atoms with E-state index in [0.717, 1.165) is 45.7 Å². The number of fused-ring (bicyclic) bond motifs is 3. The third-order valence-corrected chi connectivity index (χ3v) is 6.10. The summed E-state index contributed by atoms with van der Waals surface area (Å²) in [6, 6.07) is 11.9. The van der Waals surface area contributed by atoms with Crippen LogP contribution in [0.5, 0.6) is 0 Å². The molecule has 1 fully saturated rings. The van der Waals surface area contributed by atoms with Crippen molar-refractivity contribution in [3.63, 3.8) is 0 Å². The summed E-state index contributed by atoms with van der Waals surface area (Å²) >= 11 is 0. The van der Waals surface area contributed by atoms with Crippen LogP contribution in [0.4, 0.5) is 0 Å². The summed E-state index contributed by atoms with van der Waals surface area (Å²) < 4.78 is 5.47. The molecule has 0 atom stereocenters. The molecule has 1 aliphatic carbocycles. The van der Waals surface area contributed by atoms with E-state index in [4.69, 9.17) is 4.74 Å². The van der Waals surface area contributed by atoms with Gasteiger partial charge in [-0.3, -0.25) is 4.90 Å². The molecule has 0 radical (unpaired) electrons. The first-order valence-corrected chi connectivity index (χ1v) is 9.98. The maximum Gasteiger partial charge on any atom is 0.0594 e. The first-order chi connectivity index (χ1) is 12.4. The largest absolute Gasteiger partial charge is 0.379 e. The minimum absolute atomic E-state index is 0.200. The fourth-order valence-electron chi connectivity index (χ4n) is 4.75. The van der Waals surface area contributed by atoms with Crippen LogP contribution in [-0.4, -0.2) is 37.7 Å². The first kappa shape index (κ1) is 17.8. The van der Waals surface area contributed by atoms with Crippen LogP contribution in [-0.2, 0) is 23.0 Å². The molecule has 26 heavy (non-hydrogen) atoms. The Morgan fingerprint density at radius 2 is 1.81 bits per heavy atom. The summed E-state index contributed by atoms with van der Waals surface area (Å²) in [6.07, 6.45) is 2.26. The molecule has 138 valence electrons. The Labute approximate surface area is 158 Å². The SMILES string of the molecule is Cc1ccc2c(c1)-c1c(C)cc(CCN3CCOCC3)cc1CC2(C)C. The monoisotopic (exact) mass is 349 g/mol. The Balaban J connectivity index is 1.66. The van der Waals surface area contributed by atoms with Crippen molar-refractivity contribution in [2.75, 3.05) is 32.8 Å². The summed E-state index contributed by atoms with van der Waals surface area (Å²) in [6.45, 7) is 14.3. The van der Waals surface area contributed by atoms with Gasteiger partial charge in [0.05, 0.1) is 13.2 Å². The molecule has 4 rings (SSSR count). The molecule has 2 aromatic rings. The van der Waals surface area contributed by atoms with E-state index in [-0.39, 0.29) is 5.41 Å². The smallest absolute Gasteiger partial charge is 0.0594 e. The van der Waals surface area contributed by atoms with E-state index < -0.39 is 0 Å². The Hall–Kier alpha value is -1.64. The standard InChI is InChI=1S/C24H31NO/c1-17-5-6-22-21(13-17)23-18(2)14-19(15-20(23)16-24(22,3)4)7-8-25-9-11-26-12-10-25/h5-6,13-15H,7-12,16H2,1-4H3. The maximum absolute atomic E-state index is 5.47. The van der Waals surface area contributed by atoms with E-state index >= 15 is 0 Å². The first-order valence-electron chi connectivity index (χ1n) is 9.98. The highest BCUT2D eigenvalue weighted by molar-refractivity contribution is 5.78. The molecule has 0 spiro atoms. The van der Waals surface area contributed by atoms with E-state index in [9.17, 15) is 0 Å². The van der Waals surface area contributed by atoms with Gasteiger partial charge >= 0.3 is 0 Å². The van der Waals surface area contributed by atoms with Crippen molar-refractivity contribution in [2.24, 2.45) is 0 Å². The van der Waals surface area contributed by atoms with Gasteiger partial charge in [-0.15, -0.1) is 0 Å². The Bertz CT molecular complexity index is 815. The van der Waals surface area contributed by atoms with Crippen LogP contribution >= 0.6 is 0 Å². The van der Waals surface area contributed by atoms with Crippen molar-refractivity contribution >= 4 is 0 Å². The van der Waals surface area contributed by atoms with Gasteiger partial charge in [0.25, 0.3) is 0 Å². The van der Waals surface area contributed by atoms with Crippen molar-refractivity contribution < 1.29 is 4.74 Å². The zero-order chi connectivity index (χ0) is 18.3. The molecule has 0 bridgehead atoms. The van der Waals surface area contributed by atoms with Crippen molar-refractivity contribution in [3.8, 4) is 11.1 Å². The van der Waals surface area contributed by atoms with Gasteiger partial charge in [-0.05, 0) is 65.5 Å². The Morgan fingerprint density at radius 1 is 1.04 bits per heavy atom. The van der Waals surface area contributed by atoms with Crippen LogP contribution in [0.2, 0.25) is 0 Å². The van der Waals surface area contributed by atoms with Crippen molar-refractivity contribution in [1.29, 1.82) is 0 Å².